The van der Waals surface area contributed by atoms with Crippen molar-refractivity contribution in [2.75, 3.05) is 5.32 Å². The van der Waals surface area contributed by atoms with Crippen molar-refractivity contribution in [2.24, 2.45) is 0 Å². The van der Waals surface area contributed by atoms with Gasteiger partial charge in [-0.2, -0.15) is 0 Å². The van der Waals surface area contributed by atoms with Crippen LogP contribution in [0.25, 0.3) is 0 Å². The molecule has 2 aromatic carbocycles. The molecule has 0 radical (unpaired) electrons. The van der Waals surface area contributed by atoms with Gasteiger partial charge >= 0.3 is 0 Å². The standard InChI is InChI=1S/C13H6BrFI3NO/c14-8-2-1-6(3-9(8)15)13(20)19-12-10(17)4-7(16)5-11(12)18/h1-5H,(H,19,20). The minimum Gasteiger partial charge on any atom is -0.320 e. The SMILES string of the molecule is O=C(Nc1c(I)cc(I)cc1I)c1ccc(Br)c(F)c1. The zero-order valence-electron chi connectivity index (χ0n) is 9.68. The van der Waals surface area contributed by atoms with Crippen LogP contribution in [0.15, 0.2) is 34.8 Å². The molecule has 0 unspecified atom stereocenters. The van der Waals surface area contributed by atoms with E-state index in [1.807, 2.05) is 12.1 Å². The number of rotatable bonds is 2. The van der Waals surface area contributed by atoms with Crippen LogP contribution in [0.5, 0.6) is 0 Å². The quantitative estimate of drug-likeness (QED) is 0.411. The van der Waals surface area contributed by atoms with E-state index < -0.39 is 5.82 Å². The molecule has 2 nitrogen and oxygen atoms in total. The Labute approximate surface area is 164 Å². The lowest BCUT2D eigenvalue weighted by atomic mass is 10.2. The van der Waals surface area contributed by atoms with E-state index in [0.717, 1.165) is 16.4 Å². The van der Waals surface area contributed by atoms with Crippen molar-refractivity contribution in [1.82, 2.24) is 0 Å². The largest absolute Gasteiger partial charge is 0.320 e. The normalized spacial score (nSPS) is 10.4. The maximum Gasteiger partial charge on any atom is 0.255 e. The molecule has 0 aromatic heterocycles. The fourth-order valence-corrected chi connectivity index (χ4v) is 5.58. The molecule has 7 heteroatoms. The van der Waals surface area contributed by atoms with Crippen molar-refractivity contribution < 1.29 is 9.18 Å². The van der Waals surface area contributed by atoms with Gasteiger partial charge in [0.25, 0.3) is 5.91 Å². The molecule has 2 aromatic rings. The van der Waals surface area contributed by atoms with Gasteiger partial charge in [-0.1, -0.05) is 0 Å². The highest BCUT2D eigenvalue weighted by Gasteiger charge is 2.13. The fraction of sp³-hybridized carbons (Fsp3) is 0. The van der Waals surface area contributed by atoms with Crippen LogP contribution in [-0.4, -0.2) is 5.91 Å². The summed E-state index contributed by atoms with van der Waals surface area (Å²) in [7, 11) is 0. The number of halogens is 5. The maximum absolute atomic E-state index is 13.5. The number of carbonyl (C=O) groups is 1. The molecule has 0 heterocycles. The van der Waals surface area contributed by atoms with Crippen LogP contribution in [0.2, 0.25) is 0 Å². The Kier molecular flexibility index (Phi) is 6.06. The van der Waals surface area contributed by atoms with E-state index in [1.54, 1.807) is 6.07 Å². The minimum atomic E-state index is -0.454. The van der Waals surface area contributed by atoms with Gasteiger partial charge in [0, 0.05) is 16.3 Å². The second-order valence-corrected chi connectivity index (χ2v) is 8.25. The lowest BCUT2D eigenvalue weighted by Gasteiger charge is -2.11. The number of carbonyl (C=O) groups excluding carboxylic acids is 1. The average molecular weight is 672 g/mol. The predicted molar refractivity (Wildman–Crippen MR) is 107 cm³/mol. The Morgan fingerprint density at radius 1 is 1.10 bits per heavy atom. The van der Waals surface area contributed by atoms with Gasteiger partial charge in [0.05, 0.1) is 10.2 Å². The topological polar surface area (TPSA) is 29.1 Å². The molecule has 0 spiro atoms. The van der Waals surface area contributed by atoms with Gasteiger partial charge in [-0.3, -0.25) is 4.79 Å². The van der Waals surface area contributed by atoms with Crippen molar-refractivity contribution in [3.05, 3.63) is 56.9 Å². The summed E-state index contributed by atoms with van der Waals surface area (Å²) in [5, 5.41) is 2.83. The van der Waals surface area contributed by atoms with E-state index in [9.17, 15) is 9.18 Å². The van der Waals surface area contributed by atoms with Crippen LogP contribution in [-0.2, 0) is 0 Å². The summed E-state index contributed by atoms with van der Waals surface area (Å²) < 4.78 is 16.8. The first-order chi connectivity index (χ1) is 9.38. The van der Waals surface area contributed by atoms with Gasteiger partial charge in [-0.25, -0.2) is 4.39 Å². The van der Waals surface area contributed by atoms with E-state index in [-0.39, 0.29) is 11.5 Å². The second-order valence-electron chi connectivity index (χ2n) is 3.83. The van der Waals surface area contributed by atoms with Gasteiger partial charge in [0.15, 0.2) is 0 Å². The Hall–Kier alpha value is 0.510. The number of amides is 1. The van der Waals surface area contributed by atoms with E-state index in [2.05, 4.69) is 89.0 Å². The molecule has 1 N–H and O–H groups in total. The van der Waals surface area contributed by atoms with E-state index in [4.69, 9.17) is 0 Å². The van der Waals surface area contributed by atoms with Crippen molar-refractivity contribution in [3.63, 3.8) is 0 Å². The smallest absolute Gasteiger partial charge is 0.255 e. The van der Waals surface area contributed by atoms with Crippen LogP contribution in [0.1, 0.15) is 10.4 Å². The van der Waals surface area contributed by atoms with Gasteiger partial charge in [-0.05, 0) is 114 Å². The molecule has 104 valence electrons. The van der Waals surface area contributed by atoms with Crippen molar-refractivity contribution in [2.45, 2.75) is 0 Å². The van der Waals surface area contributed by atoms with E-state index >= 15 is 0 Å². The van der Waals surface area contributed by atoms with Gasteiger partial charge in [0.2, 0.25) is 0 Å². The molecule has 0 saturated heterocycles. The van der Waals surface area contributed by atoms with Crippen LogP contribution in [0, 0.1) is 16.5 Å². The third-order valence-electron chi connectivity index (χ3n) is 2.43. The number of benzene rings is 2. The van der Waals surface area contributed by atoms with Gasteiger partial charge in [-0.15, -0.1) is 0 Å². The summed E-state index contributed by atoms with van der Waals surface area (Å²) in [6.45, 7) is 0. The first kappa shape index (κ1) is 16.9. The Morgan fingerprint density at radius 3 is 2.25 bits per heavy atom. The molecule has 0 fully saturated rings. The van der Waals surface area contributed by atoms with Gasteiger partial charge < -0.3 is 5.32 Å². The lowest BCUT2D eigenvalue weighted by Crippen LogP contribution is -2.14. The van der Waals surface area contributed by atoms with Crippen molar-refractivity contribution >= 4 is 95.3 Å². The third-order valence-corrected chi connectivity index (χ3v) is 5.39. The molecular weight excluding hydrogens is 666 g/mol. The average Bonchev–Trinajstić information content (AvgIpc) is 2.36. The highest BCUT2D eigenvalue weighted by molar-refractivity contribution is 14.1. The maximum atomic E-state index is 13.5. The number of anilines is 1. The molecule has 0 saturated carbocycles. The first-order valence-corrected chi connectivity index (χ1v) is 9.32. The molecule has 20 heavy (non-hydrogen) atoms. The Morgan fingerprint density at radius 2 is 1.70 bits per heavy atom. The summed E-state index contributed by atoms with van der Waals surface area (Å²) in [6.07, 6.45) is 0. The molecular formula is C13H6BrFI3NO. The summed E-state index contributed by atoms with van der Waals surface area (Å²) in [5.74, 6) is -0.780. The molecule has 0 aliphatic carbocycles. The molecule has 0 bridgehead atoms. The lowest BCUT2D eigenvalue weighted by molar-refractivity contribution is 0.102. The fourth-order valence-electron chi connectivity index (χ4n) is 1.48. The predicted octanol–water partition coefficient (Wildman–Crippen LogP) is 5.65. The van der Waals surface area contributed by atoms with Gasteiger partial charge in [0.1, 0.15) is 5.82 Å². The number of hydrogen-bond acceptors (Lipinski definition) is 1. The van der Waals surface area contributed by atoms with Crippen molar-refractivity contribution in [3.8, 4) is 0 Å². The van der Waals surface area contributed by atoms with E-state index in [0.29, 0.717) is 4.47 Å². The van der Waals surface area contributed by atoms with Crippen LogP contribution < -0.4 is 5.32 Å². The summed E-state index contributed by atoms with van der Waals surface area (Å²) in [5.41, 5.74) is 1.04. The van der Waals surface area contributed by atoms with Crippen molar-refractivity contribution in [1.29, 1.82) is 0 Å². The monoisotopic (exact) mass is 671 g/mol. The highest BCUT2D eigenvalue weighted by Crippen LogP contribution is 2.28. The Balaban J connectivity index is 2.30. The first-order valence-electron chi connectivity index (χ1n) is 5.29. The van der Waals surface area contributed by atoms with Crippen LogP contribution >= 0.6 is 83.7 Å². The number of hydrogen-bond donors (Lipinski definition) is 1. The minimum absolute atomic E-state index is 0.288. The third kappa shape index (κ3) is 4.03. The highest BCUT2D eigenvalue weighted by atomic mass is 127. The summed E-state index contributed by atoms with van der Waals surface area (Å²) >= 11 is 9.63. The molecule has 2 rings (SSSR count). The molecule has 0 aliphatic heterocycles. The van der Waals surface area contributed by atoms with Crippen LogP contribution in [0.3, 0.4) is 0 Å². The second kappa shape index (κ2) is 7.18. The van der Waals surface area contributed by atoms with Crippen LogP contribution in [0.4, 0.5) is 10.1 Å². The molecule has 0 atom stereocenters. The molecule has 0 aliphatic rings. The van der Waals surface area contributed by atoms with E-state index in [1.165, 1.54) is 12.1 Å². The zero-order chi connectivity index (χ0) is 14.9. The summed E-state index contributed by atoms with van der Waals surface area (Å²) in [4.78, 5) is 12.2. The zero-order valence-corrected chi connectivity index (χ0v) is 17.7. The number of nitrogens with one attached hydrogen (secondary N) is 1. The summed E-state index contributed by atoms with van der Waals surface area (Å²) in [6, 6.07) is 8.26. The molecule has 1 amide bonds. The Bertz CT molecular complexity index is 670.